The predicted octanol–water partition coefficient (Wildman–Crippen LogP) is 3.11. The maximum absolute atomic E-state index is 13.8. The first kappa shape index (κ1) is 13.0. The molecule has 0 aliphatic heterocycles. The van der Waals surface area contributed by atoms with Gasteiger partial charge in [-0.25, -0.2) is 4.39 Å². The molecule has 1 N–H and O–H groups in total. The van der Waals surface area contributed by atoms with Crippen molar-refractivity contribution in [2.45, 2.75) is 39.3 Å². The summed E-state index contributed by atoms with van der Waals surface area (Å²) in [7, 11) is 1.88. The van der Waals surface area contributed by atoms with Crippen LogP contribution in [0.3, 0.4) is 0 Å². The van der Waals surface area contributed by atoms with E-state index in [1.54, 1.807) is 19.1 Å². The minimum absolute atomic E-state index is 0.277. The molecule has 0 spiro atoms. The standard InChI is InChI=1S/C13H20FNO/c1-5-9(2)15(4)13-7-6-11(10(3)16)8-12(13)14/h6-10,16H,5H2,1-4H3/t9?,10-/m1/s1. The minimum atomic E-state index is -0.627. The Labute approximate surface area is 96.7 Å². The van der Waals surface area contributed by atoms with E-state index in [-0.39, 0.29) is 5.82 Å². The molecule has 1 aromatic rings. The monoisotopic (exact) mass is 225 g/mol. The topological polar surface area (TPSA) is 23.5 Å². The van der Waals surface area contributed by atoms with Crippen molar-refractivity contribution in [2.24, 2.45) is 0 Å². The second kappa shape index (κ2) is 5.30. The molecule has 1 unspecified atom stereocenters. The van der Waals surface area contributed by atoms with Crippen LogP contribution >= 0.6 is 0 Å². The Kier molecular flexibility index (Phi) is 4.30. The molecule has 0 bridgehead atoms. The Morgan fingerprint density at radius 3 is 2.44 bits per heavy atom. The van der Waals surface area contributed by atoms with Crippen molar-refractivity contribution in [3.8, 4) is 0 Å². The number of anilines is 1. The van der Waals surface area contributed by atoms with E-state index in [4.69, 9.17) is 0 Å². The Morgan fingerprint density at radius 1 is 1.38 bits per heavy atom. The zero-order valence-corrected chi connectivity index (χ0v) is 10.4. The summed E-state index contributed by atoms with van der Waals surface area (Å²) in [4.78, 5) is 1.92. The molecule has 1 aromatic carbocycles. The van der Waals surface area contributed by atoms with Crippen molar-refractivity contribution in [2.75, 3.05) is 11.9 Å². The van der Waals surface area contributed by atoms with Gasteiger partial charge in [0.15, 0.2) is 0 Å². The average molecular weight is 225 g/mol. The second-order valence-corrected chi connectivity index (χ2v) is 4.25. The summed E-state index contributed by atoms with van der Waals surface area (Å²) in [6.45, 7) is 5.76. The SMILES string of the molecule is CCC(C)N(C)c1ccc([C@@H](C)O)cc1F. The zero-order chi connectivity index (χ0) is 12.3. The number of benzene rings is 1. The number of nitrogens with zero attached hydrogens (tertiary/aromatic N) is 1. The summed E-state index contributed by atoms with van der Waals surface area (Å²) in [5.41, 5.74) is 1.19. The molecule has 0 saturated heterocycles. The predicted molar refractivity (Wildman–Crippen MR) is 65.2 cm³/mol. The minimum Gasteiger partial charge on any atom is -0.389 e. The highest BCUT2D eigenvalue weighted by atomic mass is 19.1. The molecular formula is C13H20FNO. The van der Waals surface area contributed by atoms with Gasteiger partial charge in [-0.15, -0.1) is 0 Å². The summed E-state index contributed by atoms with van der Waals surface area (Å²) in [6.07, 6.45) is 0.339. The molecular weight excluding hydrogens is 205 g/mol. The number of aliphatic hydroxyl groups is 1. The van der Waals surface area contributed by atoms with E-state index >= 15 is 0 Å². The summed E-state index contributed by atoms with van der Waals surface area (Å²) >= 11 is 0. The third kappa shape index (κ3) is 2.73. The molecule has 0 aliphatic rings. The summed E-state index contributed by atoms with van der Waals surface area (Å²) in [5, 5.41) is 9.35. The van der Waals surface area contributed by atoms with E-state index in [1.165, 1.54) is 6.07 Å². The van der Waals surface area contributed by atoms with Crippen LogP contribution in [0.1, 0.15) is 38.9 Å². The lowest BCUT2D eigenvalue weighted by Gasteiger charge is -2.26. The van der Waals surface area contributed by atoms with E-state index in [9.17, 15) is 9.50 Å². The highest BCUT2D eigenvalue weighted by molar-refractivity contribution is 5.49. The lowest BCUT2D eigenvalue weighted by molar-refractivity contribution is 0.199. The van der Waals surface area contributed by atoms with Crippen LogP contribution in [0.25, 0.3) is 0 Å². The highest BCUT2D eigenvalue weighted by Crippen LogP contribution is 2.24. The second-order valence-electron chi connectivity index (χ2n) is 4.25. The van der Waals surface area contributed by atoms with Crippen LogP contribution in [-0.4, -0.2) is 18.2 Å². The molecule has 0 heterocycles. The Hall–Kier alpha value is -1.09. The van der Waals surface area contributed by atoms with Crippen molar-refractivity contribution in [1.29, 1.82) is 0 Å². The van der Waals surface area contributed by atoms with Gasteiger partial charge >= 0.3 is 0 Å². The molecule has 0 aromatic heterocycles. The maximum atomic E-state index is 13.8. The van der Waals surface area contributed by atoms with Gasteiger partial charge in [0.1, 0.15) is 5.82 Å². The van der Waals surface area contributed by atoms with Gasteiger partial charge < -0.3 is 10.0 Å². The Balaban J connectivity index is 2.99. The summed E-state index contributed by atoms with van der Waals surface area (Å²) < 4.78 is 13.8. The number of rotatable bonds is 4. The molecule has 2 nitrogen and oxygen atoms in total. The molecule has 3 heteroatoms. The number of hydrogen-bond donors (Lipinski definition) is 1. The lowest BCUT2D eigenvalue weighted by atomic mass is 10.1. The zero-order valence-electron chi connectivity index (χ0n) is 10.4. The molecule has 2 atom stereocenters. The van der Waals surface area contributed by atoms with Gasteiger partial charge in [-0.05, 0) is 38.0 Å². The van der Waals surface area contributed by atoms with E-state index in [2.05, 4.69) is 13.8 Å². The van der Waals surface area contributed by atoms with Gasteiger partial charge in [0.2, 0.25) is 0 Å². The highest BCUT2D eigenvalue weighted by Gasteiger charge is 2.13. The fourth-order valence-electron chi connectivity index (χ4n) is 1.58. The number of hydrogen-bond acceptors (Lipinski definition) is 2. The van der Waals surface area contributed by atoms with Gasteiger partial charge in [-0.3, -0.25) is 0 Å². The van der Waals surface area contributed by atoms with Crippen LogP contribution < -0.4 is 4.90 Å². The van der Waals surface area contributed by atoms with Crippen LogP contribution in [0.2, 0.25) is 0 Å². The van der Waals surface area contributed by atoms with Crippen molar-refractivity contribution in [3.05, 3.63) is 29.6 Å². The summed E-state index contributed by atoms with van der Waals surface area (Å²) in [5.74, 6) is -0.277. The van der Waals surface area contributed by atoms with Crippen molar-refractivity contribution in [1.82, 2.24) is 0 Å². The molecule has 0 fully saturated rings. The number of halogens is 1. The molecule has 0 radical (unpaired) electrons. The first-order valence-electron chi connectivity index (χ1n) is 5.67. The smallest absolute Gasteiger partial charge is 0.146 e. The maximum Gasteiger partial charge on any atom is 0.146 e. The van der Waals surface area contributed by atoms with Gasteiger partial charge in [-0.1, -0.05) is 13.0 Å². The van der Waals surface area contributed by atoms with Gasteiger partial charge in [-0.2, -0.15) is 0 Å². The van der Waals surface area contributed by atoms with Gasteiger partial charge in [0.25, 0.3) is 0 Å². The van der Waals surface area contributed by atoms with Crippen molar-refractivity contribution < 1.29 is 9.50 Å². The molecule has 1 rings (SSSR count). The first-order chi connectivity index (χ1) is 7.47. The van der Waals surface area contributed by atoms with Crippen LogP contribution in [0, 0.1) is 5.82 Å². The molecule has 90 valence electrons. The third-order valence-electron chi connectivity index (χ3n) is 3.09. The van der Waals surface area contributed by atoms with Crippen LogP contribution in [0.5, 0.6) is 0 Å². The normalized spacial score (nSPS) is 14.6. The largest absolute Gasteiger partial charge is 0.389 e. The Morgan fingerprint density at radius 2 is 2.00 bits per heavy atom. The Bertz CT molecular complexity index is 352. The molecule has 16 heavy (non-hydrogen) atoms. The molecule has 0 aliphatic carbocycles. The lowest BCUT2D eigenvalue weighted by Crippen LogP contribution is -2.28. The summed E-state index contributed by atoms with van der Waals surface area (Å²) in [6, 6.07) is 5.19. The van der Waals surface area contributed by atoms with E-state index in [1.807, 2.05) is 11.9 Å². The van der Waals surface area contributed by atoms with Crippen LogP contribution in [0.15, 0.2) is 18.2 Å². The third-order valence-corrected chi connectivity index (χ3v) is 3.09. The number of aliphatic hydroxyl groups excluding tert-OH is 1. The fourth-order valence-corrected chi connectivity index (χ4v) is 1.58. The van der Waals surface area contributed by atoms with Crippen molar-refractivity contribution in [3.63, 3.8) is 0 Å². The quantitative estimate of drug-likeness (QED) is 0.851. The fraction of sp³-hybridized carbons (Fsp3) is 0.538. The van der Waals surface area contributed by atoms with Gasteiger partial charge in [0, 0.05) is 13.1 Å². The van der Waals surface area contributed by atoms with E-state index in [0.717, 1.165) is 6.42 Å². The van der Waals surface area contributed by atoms with Gasteiger partial charge in [0.05, 0.1) is 11.8 Å². The average Bonchev–Trinajstić information content (AvgIpc) is 2.26. The van der Waals surface area contributed by atoms with E-state index in [0.29, 0.717) is 17.3 Å². The van der Waals surface area contributed by atoms with Crippen LogP contribution in [0.4, 0.5) is 10.1 Å². The first-order valence-corrected chi connectivity index (χ1v) is 5.67. The van der Waals surface area contributed by atoms with Crippen molar-refractivity contribution >= 4 is 5.69 Å². The molecule has 0 saturated carbocycles. The van der Waals surface area contributed by atoms with E-state index < -0.39 is 6.10 Å². The molecule has 0 amide bonds. The van der Waals surface area contributed by atoms with Crippen LogP contribution in [-0.2, 0) is 0 Å².